The van der Waals surface area contributed by atoms with Crippen molar-refractivity contribution in [3.63, 3.8) is 0 Å². The molecular formula is C17H24N2O2. The van der Waals surface area contributed by atoms with Crippen molar-refractivity contribution in [2.45, 2.75) is 24.8 Å². The number of para-hydroxylation sites is 1. The average Bonchev–Trinajstić information content (AvgIpc) is 2.40. The number of benzene rings is 1. The van der Waals surface area contributed by atoms with Crippen LogP contribution >= 0.6 is 0 Å². The number of nitrogens with zero attached hydrogens (tertiary/aromatic N) is 2. The summed E-state index contributed by atoms with van der Waals surface area (Å²) in [6, 6.07) is 7.93. The molecule has 0 spiro atoms. The number of carboxylic acids is 1. The van der Waals surface area contributed by atoms with E-state index in [9.17, 15) is 4.79 Å². The third-order valence-corrected chi connectivity index (χ3v) is 4.52. The van der Waals surface area contributed by atoms with Gasteiger partial charge in [-0.25, -0.2) is 4.79 Å². The van der Waals surface area contributed by atoms with Crippen LogP contribution in [0.15, 0.2) is 30.3 Å². The van der Waals surface area contributed by atoms with Gasteiger partial charge >= 0.3 is 5.97 Å². The van der Waals surface area contributed by atoms with E-state index in [0.29, 0.717) is 0 Å². The van der Waals surface area contributed by atoms with E-state index in [2.05, 4.69) is 30.9 Å². The molecule has 21 heavy (non-hydrogen) atoms. The van der Waals surface area contributed by atoms with Crippen LogP contribution in [0.2, 0.25) is 0 Å². The molecule has 0 radical (unpaired) electrons. The molecule has 1 aromatic carbocycles. The number of carboxylic acid groups (broad SMARTS) is 1. The fourth-order valence-electron chi connectivity index (χ4n) is 3.00. The first kappa shape index (κ1) is 15.6. The molecule has 1 aromatic rings. The highest BCUT2D eigenvalue weighted by Crippen LogP contribution is 2.37. The molecule has 0 aliphatic heterocycles. The Morgan fingerprint density at radius 1 is 1.29 bits per heavy atom. The predicted molar refractivity (Wildman–Crippen MR) is 86.7 cm³/mol. The summed E-state index contributed by atoms with van der Waals surface area (Å²) in [5.74, 6) is -0.920. The molecular weight excluding hydrogens is 264 g/mol. The zero-order valence-electron chi connectivity index (χ0n) is 13.0. The number of likely N-dealkylation sites (N-methyl/N-ethyl adjacent to an activating group) is 2. The second-order valence-electron chi connectivity index (χ2n) is 6.06. The summed E-state index contributed by atoms with van der Waals surface area (Å²) in [4.78, 5) is 15.3. The van der Waals surface area contributed by atoms with Gasteiger partial charge in [0.1, 0.15) is 0 Å². The normalized spacial score (nSPS) is 17.0. The zero-order valence-corrected chi connectivity index (χ0v) is 13.0. The number of rotatable bonds is 6. The van der Waals surface area contributed by atoms with Gasteiger partial charge in [0.15, 0.2) is 0 Å². The van der Waals surface area contributed by atoms with Crippen molar-refractivity contribution in [1.82, 2.24) is 4.90 Å². The van der Waals surface area contributed by atoms with Crippen molar-refractivity contribution in [3.05, 3.63) is 35.9 Å². The van der Waals surface area contributed by atoms with Gasteiger partial charge in [0.2, 0.25) is 0 Å². The van der Waals surface area contributed by atoms with Gasteiger partial charge in [0, 0.05) is 30.9 Å². The molecule has 114 valence electrons. The molecule has 0 atom stereocenters. The van der Waals surface area contributed by atoms with Crippen molar-refractivity contribution >= 4 is 17.7 Å². The smallest absolute Gasteiger partial charge is 0.328 e. The molecule has 1 saturated carbocycles. The minimum atomic E-state index is -0.920. The molecule has 0 saturated heterocycles. The van der Waals surface area contributed by atoms with E-state index in [1.54, 1.807) is 6.08 Å². The minimum Gasteiger partial charge on any atom is -0.478 e. The lowest BCUT2D eigenvalue weighted by atomic mass is 9.75. The maximum Gasteiger partial charge on any atom is 0.328 e. The molecule has 1 aliphatic rings. The molecule has 4 heteroatoms. The van der Waals surface area contributed by atoms with Crippen LogP contribution < -0.4 is 4.90 Å². The molecule has 0 bridgehead atoms. The lowest BCUT2D eigenvalue weighted by molar-refractivity contribution is -0.131. The van der Waals surface area contributed by atoms with Crippen LogP contribution in [0.5, 0.6) is 0 Å². The van der Waals surface area contributed by atoms with Crippen molar-refractivity contribution in [2.24, 2.45) is 0 Å². The fourth-order valence-corrected chi connectivity index (χ4v) is 3.00. The summed E-state index contributed by atoms with van der Waals surface area (Å²) >= 11 is 0. The molecule has 0 aromatic heterocycles. The Labute approximate surface area is 126 Å². The fraction of sp³-hybridized carbons (Fsp3) is 0.471. The van der Waals surface area contributed by atoms with Gasteiger partial charge in [-0.2, -0.15) is 0 Å². The Kier molecular flexibility index (Phi) is 4.68. The van der Waals surface area contributed by atoms with E-state index in [1.807, 2.05) is 24.3 Å². The van der Waals surface area contributed by atoms with Gasteiger partial charge in [-0.3, -0.25) is 0 Å². The Bertz CT molecular complexity index is 533. The van der Waals surface area contributed by atoms with Crippen molar-refractivity contribution in [2.75, 3.05) is 32.6 Å². The summed E-state index contributed by atoms with van der Waals surface area (Å²) in [6.45, 7) is 0.956. The van der Waals surface area contributed by atoms with E-state index < -0.39 is 5.97 Å². The first-order chi connectivity index (χ1) is 9.94. The lowest BCUT2D eigenvalue weighted by Gasteiger charge is -2.49. The Morgan fingerprint density at radius 3 is 2.48 bits per heavy atom. The van der Waals surface area contributed by atoms with Crippen molar-refractivity contribution < 1.29 is 9.90 Å². The predicted octanol–water partition coefficient (Wildman–Crippen LogP) is 2.70. The van der Waals surface area contributed by atoms with Gasteiger partial charge < -0.3 is 14.9 Å². The summed E-state index contributed by atoms with van der Waals surface area (Å²) in [7, 11) is 6.36. The SMILES string of the molecule is CN(CC1(N(C)C)CCC1)c1ccccc1/C=C/C(=O)O. The van der Waals surface area contributed by atoms with Crippen LogP contribution in [0.3, 0.4) is 0 Å². The monoisotopic (exact) mass is 288 g/mol. The van der Waals surface area contributed by atoms with Gasteiger partial charge in [-0.05, 0) is 51.1 Å². The summed E-state index contributed by atoms with van der Waals surface area (Å²) in [5, 5.41) is 8.80. The summed E-state index contributed by atoms with van der Waals surface area (Å²) in [5.41, 5.74) is 2.26. The molecule has 4 nitrogen and oxygen atoms in total. The van der Waals surface area contributed by atoms with Crippen LogP contribution in [0.1, 0.15) is 24.8 Å². The first-order valence-corrected chi connectivity index (χ1v) is 7.33. The van der Waals surface area contributed by atoms with Crippen molar-refractivity contribution in [3.8, 4) is 0 Å². The van der Waals surface area contributed by atoms with Crippen LogP contribution in [0.4, 0.5) is 5.69 Å². The lowest BCUT2D eigenvalue weighted by Crippen LogP contribution is -2.56. The largest absolute Gasteiger partial charge is 0.478 e. The highest BCUT2D eigenvalue weighted by atomic mass is 16.4. The topological polar surface area (TPSA) is 43.8 Å². The Hall–Kier alpha value is -1.81. The van der Waals surface area contributed by atoms with Gasteiger partial charge in [0.25, 0.3) is 0 Å². The Balaban J connectivity index is 2.19. The summed E-state index contributed by atoms with van der Waals surface area (Å²) < 4.78 is 0. The molecule has 0 amide bonds. The van der Waals surface area contributed by atoms with E-state index >= 15 is 0 Å². The van der Waals surface area contributed by atoms with Crippen molar-refractivity contribution in [1.29, 1.82) is 0 Å². The maximum atomic E-state index is 10.7. The molecule has 0 unspecified atom stereocenters. The molecule has 1 aliphatic carbocycles. The van der Waals surface area contributed by atoms with Gasteiger partial charge in [-0.1, -0.05) is 18.2 Å². The maximum absolute atomic E-state index is 10.7. The number of hydrogen-bond donors (Lipinski definition) is 1. The van der Waals surface area contributed by atoms with Crippen LogP contribution in [-0.2, 0) is 4.79 Å². The van der Waals surface area contributed by atoms with Gasteiger partial charge in [-0.15, -0.1) is 0 Å². The Morgan fingerprint density at radius 2 is 1.95 bits per heavy atom. The number of carbonyl (C=O) groups is 1. The van der Waals surface area contributed by atoms with Gasteiger partial charge in [0.05, 0.1) is 0 Å². The van der Waals surface area contributed by atoms with Crippen LogP contribution in [0, 0.1) is 0 Å². The highest BCUT2D eigenvalue weighted by molar-refractivity contribution is 5.87. The quantitative estimate of drug-likeness (QED) is 0.817. The second-order valence-corrected chi connectivity index (χ2v) is 6.06. The first-order valence-electron chi connectivity index (χ1n) is 7.33. The molecule has 0 heterocycles. The average molecular weight is 288 g/mol. The second kappa shape index (κ2) is 6.31. The van der Waals surface area contributed by atoms with Crippen LogP contribution in [-0.4, -0.2) is 49.2 Å². The number of aliphatic carboxylic acids is 1. The van der Waals surface area contributed by atoms with Crippen LogP contribution in [0.25, 0.3) is 6.08 Å². The minimum absolute atomic E-state index is 0.248. The molecule has 1 N–H and O–H groups in total. The zero-order chi connectivity index (χ0) is 15.5. The molecule has 1 fully saturated rings. The molecule has 2 rings (SSSR count). The van der Waals surface area contributed by atoms with E-state index in [0.717, 1.165) is 17.8 Å². The van der Waals surface area contributed by atoms with E-state index in [4.69, 9.17) is 5.11 Å². The number of hydrogen-bond acceptors (Lipinski definition) is 3. The number of anilines is 1. The van der Waals surface area contributed by atoms with E-state index in [-0.39, 0.29) is 5.54 Å². The van der Waals surface area contributed by atoms with E-state index in [1.165, 1.54) is 25.3 Å². The standard InChI is InChI=1S/C17H24N2O2/c1-18(2)17(11-6-12-17)13-19(3)15-8-5-4-7-14(15)9-10-16(20)21/h4-5,7-10H,6,11-13H2,1-3H3,(H,20,21)/b10-9+. The summed E-state index contributed by atoms with van der Waals surface area (Å²) in [6.07, 6.45) is 6.58. The third-order valence-electron chi connectivity index (χ3n) is 4.52. The third kappa shape index (κ3) is 3.45. The highest BCUT2D eigenvalue weighted by Gasteiger charge is 2.40.